The molecule has 168 valence electrons. The van der Waals surface area contributed by atoms with Crippen molar-refractivity contribution in [1.29, 1.82) is 0 Å². The highest BCUT2D eigenvalue weighted by Gasteiger charge is 2.13. The van der Waals surface area contributed by atoms with Crippen LogP contribution in [0.2, 0.25) is 5.02 Å². The first-order chi connectivity index (χ1) is 16.4. The highest BCUT2D eigenvalue weighted by Crippen LogP contribution is 2.26. The number of aliphatic imine (C=N–C) groups is 1. The number of hydrogen-bond donors (Lipinski definition) is 1. The summed E-state index contributed by atoms with van der Waals surface area (Å²) in [6.45, 7) is 1.99. The largest absolute Gasteiger partial charge is 0.347 e. The molecular formula is C25H18ClN5O3. The molecule has 0 aliphatic heterocycles. The van der Waals surface area contributed by atoms with Crippen LogP contribution in [0, 0.1) is 17.0 Å². The Morgan fingerprint density at radius 1 is 0.971 bits per heavy atom. The molecule has 0 saturated heterocycles. The first kappa shape index (κ1) is 22.8. The van der Waals surface area contributed by atoms with E-state index in [9.17, 15) is 14.9 Å². The maximum Gasteiger partial charge on any atom is 0.347 e. The lowest BCUT2D eigenvalue weighted by molar-refractivity contribution is -0.385. The number of nitrogens with zero attached hydrogens (tertiary/aromatic N) is 4. The maximum atomic E-state index is 12.5. The molecule has 1 aromatic heterocycles. The molecule has 4 aromatic rings. The number of carbonyl (C=O) groups is 1. The average Bonchev–Trinajstić information content (AvgIpc) is 2.83. The van der Waals surface area contributed by atoms with Crippen LogP contribution in [0.3, 0.4) is 0 Å². The molecule has 0 aliphatic carbocycles. The van der Waals surface area contributed by atoms with E-state index in [1.165, 1.54) is 18.2 Å². The monoisotopic (exact) mass is 471 g/mol. The van der Waals surface area contributed by atoms with Gasteiger partial charge in [-0.1, -0.05) is 65.7 Å². The molecule has 9 heteroatoms. The van der Waals surface area contributed by atoms with E-state index in [0.29, 0.717) is 16.4 Å². The highest BCUT2D eigenvalue weighted by molar-refractivity contribution is 6.30. The van der Waals surface area contributed by atoms with Crippen molar-refractivity contribution in [3.05, 3.63) is 105 Å². The van der Waals surface area contributed by atoms with Gasteiger partial charge in [0.2, 0.25) is 5.95 Å². The van der Waals surface area contributed by atoms with Crippen molar-refractivity contribution in [2.24, 2.45) is 4.99 Å². The second kappa shape index (κ2) is 10.0. The maximum absolute atomic E-state index is 12.5. The minimum Gasteiger partial charge on any atom is -0.274 e. The molecule has 0 aliphatic rings. The zero-order chi connectivity index (χ0) is 24.1. The molecule has 0 atom stereocenters. The molecule has 0 fully saturated rings. The number of halogens is 1. The van der Waals surface area contributed by atoms with Gasteiger partial charge in [-0.15, -0.1) is 0 Å². The first-order valence-electron chi connectivity index (χ1n) is 10.2. The highest BCUT2D eigenvalue weighted by atomic mass is 35.5. The Labute approximate surface area is 200 Å². The van der Waals surface area contributed by atoms with Gasteiger partial charge in [0.05, 0.1) is 21.9 Å². The number of rotatable bonds is 5. The molecular weight excluding hydrogens is 454 g/mol. The van der Waals surface area contributed by atoms with Crippen LogP contribution in [0.5, 0.6) is 0 Å². The number of nitro groups is 1. The molecule has 8 nitrogen and oxygen atoms in total. The molecule has 2 amide bonds. The molecule has 0 unspecified atom stereocenters. The Balaban J connectivity index is 1.66. The Morgan fingerprint density at radius 2 is 1.56 bits per heavy atom. The van der Waals surface area contributed by atoms with Gasteiger partial charge in [-0.25, -0.2) is 19.8 Å². The van der Waals surface area contributed by atoms with Crippen molar-refractivity contribution in [1.82, 2.24) is 9.97 Å². The SMILES string of the molecule is Cc1ccc(-c2cc(-c3ccc(Cl)cc3)nc(NC(=O)/N=C\c3ccccc3[N+](=O)[O-])n2)cc1. The molecule has 0 spiro atoms. The number of aromatic nitrogens is 2. The Kier molecular flexibility index (Phi) is 6.70. The quantitative estimate of drug-likeness (QED) is 0.207. The van der Waals surface area contributed by atoms with Crippen molar-refractivity contribution >= 4 is 35.5 Å². The van der Waals surface area contributed by atoms with Crippen LogP contribution in [-0.2, 0) is 0 Å². The van der Waals surface area contributed by atoms with E-state index >= 15 is 0 Å². The summed E-state index contributed by atoms with van der Waals surface area (Å²) in [5, 5.41) is 14.3. The summed E-state index contributed by atoms with van der Waals surface area (Å²) in [5.74, 6) is 0.0488. The second-order valence-electron chi connectivity index (χ2n) is 7.34. The third-order valence-corrected chi connectivity index (χ3v) is 5.14. The number of nitro benzene ring substituents is 1. The summed E-state index contributed by atoms with van der Waals surface area (Å²) in [5.41, 5.74) is 3.99. The lowest BCUT2D eigenvalue weighted by atomic mass is 10.1. The van der Waals surface area contributed by atoms with Crippen LogP contribution < -0.4 is 5.32 Å². The lowest BCUT2D eigenvalue weighted by Gasteiger charge is -2.09. The normalized spacial score (nSPS) is 10.9. The van der Waals surface area contributed by atoms with Crippen molar-refractivity contribution in [2.45, 2.75) is 6.92 Å². The molecule has 0 bridgehead atoms. The van der Waals surface area contributed by atoms with Gasteiger partial charge in [-0.05, 0) is 31.2 Å². The zero-order valence-corrected chi connectivity index (χ0v) is 18.7. The molecule has 34 heavy (non-hydrogen) atoms. The van der Waals surface area contributed by atoms with E-state index in [4.69, 9.17) is 11.6 Å². The molecule has 0 radical (unpaired) electrons. The number of aryl methyl sites for hydroxylation is 1. The third-order valence-electron chi connectivity index (χ3n) is 4.89. The fourth-order valence-corrected chi connectivity index (χ4v) is 3.29. The van der Waals surface area contributed by atoms with E-state index < -0.39 is 11.0 Å². The average molecular weight is 472 g/mol. The number of hydrogen-bond acceptors (Lipinski definition) is 5. The Hall–Kier alpha value is -4.43. The van der Waals surface area contributed by atoms with E-state index in [-0.39, 0.29) is 17.2 Å². The fourth-order valence-electron chi connectivity index (χ4n) is 3.16. The number of anilines is 1. The predicted octanol–water partition coefficient (Wildman–Crippen LogP) is 6.33. The topological polar surface area (TPSA) is 110 Å². The standard InChI is InChI=1S/C25H18ClN5O3/c1-16-6-8-17(9-7-16)21-14-22(18-10-12-20(26)13-11-18)29-24(28-21)30-25(32)27-15-19-4-2-3-5-23(19)31(33)34/h2-15H,1H3,(H,28,29,30,32)/b27-15-. The summed E-state index contributed by atoms with van der Waals surface area (Å²) < 4.78 is 0. The van der Waals surface area contributed by atoms with Crippen LogP contribution >= 0.6 is 11.6 Å². The number of benzene rings is 3. The third kappa shape index (κ3) is 5.48. The zero-order valence-electron chi connectivity index (χ0n) is 18.0. The minimum absolute atomic E-state index is 0.0488. The van der Waals surface area contributed by atoms with Gasteiger partial charge >= 0.3 is 6.03 Å². The van der Waals surface area contributed by atoms with Gasteiger partial charge in [-0.3, -0.25) is 15.4 Å². The van der Waals surface area contributed by atoms with Gasteiger partial charge in [0, 0.05) is 28.4 Å². The predicted molar refractivity (Wildman–Crippen MR) is 132 cm³/mol. The lowest BCUT2D eigenvalue weighted by Crippen LogP contribution is -2.11. The smallest absolute Gasteiger partial charge is 0.274 e. The van der Waals surface area contributed by atoms with Gasteiger partial charge in [0.25, 0.3) is 5.69 Å². The van der Waals surface area contributed by atoms with Gasteiger partial charge in [0.1, 0.15) is 0 Å². The Morgan fingerprint density at radius 3 is 2.18 bits per heavy atom. The molecule has 3 aromatic carbocycles. The van der Waals surface area contributed by atoms with E-state index in [1.807, 2.05) is 49.4 Å². The first-order valence-corrected chi connectivity index (χ1v) is 10.6. The molecule has 1 N–H and O–H groups in total. The molecule has 0 saturated carbocycles. The second-order valence-corrected chi connectivity index (χ2v) is 7.78. The van der Waals surface area contributed by atoms with Gasteiger partial charge < -0.3 is 0 Å². The van der Waals surface area contributed by atoms with Crippen LogP contribution in [0.4, 0.5) is 16.4 Å². The van der Waals surface area contributed by atoms with E-state index in [2.05, 4.69) is 20.3 Å². The summed E-state index contributed by atoms with van der Waals surface area (Å²) >= 11 is 6.01. The number of urea groups is 1. The van der Waals surface area contributed by atoms with Crippen LogP contribution in [-0.4, -0.2) is 27.1 Å². The van der Waals surface area contributed by atoms with Crippen LogP contribution in [0.1, 0.15) is 11.1 Å². The fraction of sp³-hybridized carbons (Fsp3) is 0.0400. The summed E-state index contributed by atoms with van der Waals surface area (Å²) in [4.78, 5) is 35.8. The number of amides is 2. The number of nitrogens with one attached hydrogen (secondary N) is 1. The number of para-hydroxylation sites is 1. The van der Waals surface area contributed by atoms with Crippen molar-refractivity contribution < 1.29 is 9.72 Å². The van der Waals surface area contributed by atoms with E-state index in [0.717, 1.165) is 22.9 Å². The molecule has 4 rings (SSSR count). The van der Waals surface area contributed by atoms with Gasteiger partial charge in [-0.2, -0.15) is 0 Å². The summed E-state index contributed by atoms with van der Waals surface area (Å²) in [7, 11) is 0. The van der Waals surface area contributed by atoms with Crippen molar-refractivity contribution in [3.63, 3.8) is 0 Å². The van der Waals surface area contributed by atoms with Gasteiger partial charge in [0.15, 0.2) is 0 Å². The minimum atomic E-state index is -0.763. The number of carbonyl (C=O) groups excluding carboxylic acids is 1. The van der Waals surface area contributed by atoms with Crippen LogP contribution in [0.15, 0.2) is 83.9 Å². The summed E-state index contributed by atoms with van der Waals surface area (Å²) in [6, 6.07) is 22.0. The molecule has 1 heterocycles. The van der Waals surface area contributed by atoms with Crippen molar-refractivity contribution in [2.75, 3.05) is 5.32 Å². The van der Waals surface area contributed by atoms with E-state index in [1.54, 1.807) is 18.2 Å². The van der Waals surface area contributed by atoms with Crippen LogP contribution in [0.25, 0.3) is 22.5 Å². The summed E-state index contributed by atoms with van der Waals surface area (Å²) in [6.07, 6.45) is 1.14. The van der Waals surface area contributed by atoms with Crippen molar-refractivity contribution in [3.8, 4) is 22.5 Å². The Bertz CT molecular complexity index is 1320.